The Labute approximate surface area is 205 Å². The molecular formula is C27H32ClNO5. The van der Waals surface area contributed by atoms with Gasteiger partial charge < -0.3 is 19.5 Å². The highest BCUT2D eigenvalue weighted by Gasteiger charge is 2.25. The number of aliphatic hydroxyl groups is 1. The van der Waals surface area contributed by atoms with Gasteiger partial charge in [0.2, 0.25) is 0 Å². The molecule has 0 spiro atoms. The van der Waals surface area contributed by atoms with Crippen LogP contribution in [0.4, 0.5) is 0 Å². The molecule has 34 heavy (non-hydrogen) atoms. The molecule has 6 nitrogen and oxygen atoms in total. The number of aryl methyl sites for hydroxylation is 2. The average molecular weight is 486 g/mol. The molecule has 182 valence electrons. The van der Waals surface area contributed by atoms with Gasteiger partial charge in [-0.25, -0.2) is 0 Å². The monoisotopic (exact) mass is 485 g/mol. The second kappa shape index (κ2) is 12.0. The van der Waals surface area contributed by atoms with Crippen molar-refractivity contribution in [2.24, 2.45) is 7.05 Å². The summed E-state index contributed by atoms with van der Waals surface area (Å²) in [6.45, 7) is 0. The van der Waals surface area contributed by atoms with Crippen LogP contribution in [0.1, 0.15) is 72.7 Å². The Kier molecular flexibility index (Phi) is 9.13. The number of para-hydroxylation sites is 1. The number of fused-ring (bicyclic) bond motifs is 1. The van der Waals surface area contributed by atoms with Gasteiger partial charge in [0, 0.05) is 41.4 Å². The molecule has 1 atom stereocenters. The Morgan fingerprint density at radius 2 is 1.82 bits per heavy atom. The normalized spacial score (nSPS) is 12.1. The lowest BCUT2D eigenvalue weighted by Gasteiger charge is -2.15. The number of hydrogen-bond donors (Lipinski definition) is 2. The van der Waals surface area contributed by atoms with Crippen molar-refractivity contribution in [2.75, 3.05) is 7.11 Å². The van der Waals surface area contributed by atoms with Crippen LogP contribution < -0.4 is 4.74 Å². The van der Waals surface area contributed by atoms with E-state index in [1.807, 2.05) is 35.9 Å². The lowest BCUT2D eigenvalue weighted by Crippen LogP contribution is -2.11. The summed E-state index contributed by atoms with van der Waals surface area (Å²) in [7, 11) is 3.51. The Morgan fingerprint density at radius 1 is 1.06 bits per heavy atom. The van der Waals surface area contributed by atoms with Gasteiger partial charge in [-0.2, -0.15) is 0 Å². The molecule has 7 heteroatoms. The molecule has 0 aliphatic rings. The Morgan fingerprint density at radius 3 is 2.56 bits per heavy atom. The first-order chi connectivity index (χ1) is 16.3. The number of ether oxygens (including phenoxy) is 1. The summed E-state index contributed by atoms with van der Waals surface area (Å²) in [6, 6.07) is 13.3. The fourth-order valence-corrected chi connectivity index (χ4v) is 4.69. The van der Waals surface area contributed by atoms with Crippen LogP contribution in [-0.2, 0) is 18.3 Å². The quantitative estimate of drug-likeness (QED) is 0.225. The van der Waals surface area contributed by atoms with Crippen LogP contribution in [0.15, 0.2) is 42.5 Å². The van der Waals surface area contributed by atoms with Gasteiger partial charge in [-0.15, -0.1) is 0 Å². The van der Waals surface area contributed by atoms with Crippen molar-refractivity contribution in [2.45, 2.75) is 57.5 Å². The summed E-state index contributed by atoms with van der Waals surface area (Å²) in [5, 5.41) is 21.2. The van der Waals surface area contributed by atoms with Gasteiger partial charge in [-0.3, -0.25) is 9.59 Å². The molecule has 0 saturated carbocycles. The maximum atomic E-state index is 13.1. The summed E-state index contributed by atoms with van der Waals surface area (Å²) < 4.78 is 7.27. The van der Waals surface area contributed by atoms with Gasteiger partial charge in [0.1, 0.15) is 5.75 Å². The fourth-order valence-electron chi connectivity index (χ4n) is 4.52. The Bertz CT molecular complexity index is 1150. The number of unbranched alkanes of at least 4 members (excludes halogenated alkanes) is 2. The molecule has 0 aliphatic heterocycles. The van der Waals surface area contributed by atoms with Gasteiger partial charge in [0.05, 0.1) is 18.9 Å². The number of aliphatic hydroxyl groups excluding tert-OH is 1. The second-order valence-electron chi connectivity index (χ2n) is 8.58. The van der Waals surface area contributed by atoms with Crippen molar-refractivity contribution in [1.82, 2.24) is 4.57 Å². The van der Waals surface area contributed by atoms with E-state index in [-0.39, 0.29) is 25.0 Å². The first-order valence-corrected chi connectivity index (χ1v) is 12.0. The molecule has 1 heterocycles. The number of hydrogen-bond acceptors (Lipinski definition) is 4. The zero-order valence-corrected chi connectivity index (χ0v) is 20.5. The number of carbonyl (C=O) groups is 2. The smallest absolute Gasteiger partial charge is 0.303 e. The molecule has 2 N–H and O–H groups in total. The third kappa shape index (κ3) is 6.19. The number of methoxy groups -OCH3 is 1. The summed E-state index contributed by atoms with van der Waals surface area (Å²) in [4.78, 5) is 24.0. The number of ketones is 1. The second-order valence-corrected chi connectivity index (χ2v) is 9.01. The first-order valence-electron chi connectivity index (χ1n) is 11.7. The third-order valence-electron chi connectivity index (χ3n) is 6.21. The van der Waals surface area contributed by atoms with E-state index in [0.717, 1.165) is 36.9 Å². The van der Waals surface area contributed by atoms with Crippen LogP contribution in [0.2, 0.25) is 5.02 Å². The van der Waals surface area contributed by atoms with E-state index in [4.69, 9.17) is 21.4 Å². The number of carboxylic acids is 1. The van der Waals surface area contributed by atoms with Gasteiger partial charge in [0.15, 0.2) is 5.78 Å². The highest BCUT2D eigenvalue weighted by molar-refractivity contribution is 6.31. The number of carboxylic acid groups (broad SMARTS) is 1. The molecule has 0 bridgehead atoms. The Hall–Kier alpha value is -2.83. The van der Waals surface area contributed by atoms with E-state index in [1.165, 1.54) is 5.56 Å². The van der Waals surface area contributed by atoms with Crippen LogP contribution in [0, 0.1) is 0 Å². The lowest BCUT2D eigenvalue weighted by molar-refractivity contribution is -0.137. The fraction of sp³-hybridized carbons (Fsp3) is 0.407. The highest BCUT2D eigenvalue weighted by atomic mass is 35.5. The van der Waals surface area contributed by atoms with Crippen LogP contribution in [0.5, 0.6) is 5.75 Å². The average Bonchev–Trinajstić information content (AvgIpc) is 3.10. The van der Waals surface area contributed by atoms with Crippen molar-refractivity contribution < 1.29 is 24.5 Å². The van der Waals surface area contributed by atoms with Crippen molar-refractivity contribution in [3.63, 3.8) is 0 Å². The van der Waals surface area contributed by atoms with E-state index in [0.29, 0.717) is 28.1 Å². The zero-order chi connectivity index (χ0) is 24.7. The molecule has 3 aromatic rings. The topological polar surface area (TPSA) is 88.8 Å². The molecule has 1 aromatic heterocycles. The van der Waals surface area contributed by atoms with Crippen LogP contribution in [0.3, 0.4) is 0 Å². The largest absolute Gasteiger partial charge is 0.496 e. The summed E-state index contributed by atoms with van der Waals surface area (Å²) in [6.07, 6.45) is 3.64. The number of Topliss-reactive ketones (excluding diaryl/α,β-unsaturated/α-hetero) is 1. The molecule has 0 radical (unpaired) electrons. The summed E-state index contributed by atoms with van der Waals surface area (Å²) >= 11 is 6.20. The first kappa shape index (κ1) is 25.8. The summed E-state index contributed by atoms with van der Waals surface area (Å²) in [5.41, 5.74) is 3.01. The Balaban J connectivity index is 1.71. The molecule has 0 saturated heterocycles. The van der Waals surface area contributed by atoms with E-state index in [9.17, 15) is 14.7 Å². The minimum atomic E-state index is -0.929. The van der Waals surface area contributed by atoms with Crippen LogP contribution >= 0.6 is 11.6 Å². The van der Waals surface area contributed by atoms with Gasteiger partial charge in [-0.05, 0) is 55.5 Å². The van der Waals surface area contributed by atoms with E-state index in [2.05, 4.69) is 6.07 Å². The van der Waals surface area contributed by atoms with Crippen molar-refractivity contribution in [3.05, 3.63) is 64.3 Å². The molecular weight excluding hydrogens is 454 g/mol. The zero-order valence-electron chi connectivity index (χ0n) is 19.7. The van der Waals surface area contributed by atoms with E-state index in [1.54, 1.807) is 19.2 Å². The molecule has 1 unspecified atom stereocenters. The van der Waals surface area contributed by atoms with Crippen LogP contribution in [-0.4, -0.2) is 33.6 Å². The van der Waals surface area contributed by atoms with Gasteiger partial charge >= 0.3 is 5.97 Å². The van der Waals surface area contributed by atoms with Gasteiger partial charge in [0.25, 0.3) is 0 Å². The van der Waals surface area contributed by atoms with Crippen LogP contribution in [0.25, 0.3) is 10.9 Å². The maximum absolute atomic E-state index is 13.1. The number of aromatic nitrogens is 1. The molecule has 2 aromatic carbocycles. The standard InChI is InChI=1S/C27H32ClNO5/c1-29-21-16-15-19(28)17-20(21)26(22(30)12-8-14-25(32)33)27(29)23(31)11-5-3-4-9-18-10-6-7-13-24(18)34-2/h6-7,10,13,15-17,23,31H,3-5,8-9,11-12,14H2,1-2H3,(H,32,33). The minimum Gasteiger partial charge on any atom is -0.496 e. The number of nitrogens with zero attached hydrogens (tertiary/aromatic N) is 1. The van der Waals surface area contributed by atoms with Crippen molar-refractivity contribution in [1.29, 1.82) is 0 Å². The van der Waals surface area contributed by atoms with Crippen molar-refractivity contribution in [3.8, 4) is 5.75 Å². The molecule has 3 rings (SSSR count). The van der Waals surface area contributed by atoms with E-state index < -0.39 is 12.1 Å². The SMILES string of the molecule is COc1ccccc1CCCCCC(O)c1c(C(=O)CCCC(=O)O)c2cc(Cl)ccc2n1C. The third-order valence-corrected chi connectivity index (χ3v) is 6.45. The molecule has 0 aliphatic carbocycles. The number of aliphatic carboxylic acids is 1. The molecule has 0 fully saturated rings. The lowest BCUT2D eigenvalue weighted by atomic mass is 9.97. The number of carbonyl (C=O) groups excluding carboxylic acids is 1. The summed E-state index contributed by atoms with van der Waals surface area (Å²) in [5.74, 6) is -0.204. The maximum Gasteiger partial charge on any atom is 0.303 e. The number of benzene rings is 2. The minimum absolute atomic E-state index is 0.0681. The predicted molar refractivity (Wildman–Crippen MR) is 134 cm³/mol. The van der Waals surface area contributed by atoms with E-state index >= 15 is 0 Å². The predicted octanol–water partition coefficient (Wildman–Crippen LogP) is 6.11. The highest BCUT2D eigenvalue weighted by Crippen LogP contribution is 2.34. The molecule has 0 amide bonds. The number of rotatable bonds is 13. The van der Waals surface area contributed by atoms with Gasteiger partial charge in [-0.1, -0.05) is 42.6 Å². The number of halogens is 1. The van der Waals surface area contributed by atoms with Crippen molar-refractivity contribution >= 4 is 34.3 Å².